The molecule has 1 aromatic carbocycles. The zero-order valence-electron chi connectivity index (χ0n) is 12.7. The molecule has 0 saturated heterocycles. The Morgan fingerprint density at radius 1 is 1.24 bits per heavy atom. The second-order valence-electron chi connectivity index (χ2n) is 5.76. The molecular formula is C17H20N4. The lowest BCUT2D eigenvalue weighted by atomic mass is 10.1. The van der Waals surface area contributed by atoms with E-state index in [1.807, 2.05) is 24.5 Å². The highest BCUT2D eigenvalue weighted by Crippen LogP contribution is 2.25. The number of fused-ring (bicyclic) bond motifs is 1. The lowest BCUT2D eigenvalue weighted by Gasteiger charge is -2.13. The minimum Gasteiger partial charge on any atom is -0.399 e. The molecule has 0 unspecified atom stereocenters. The van der Waals surface area contributed by atoms with Gasteiger partial charge in [0.1, 0.15) is 5.82 Å². The van der Waals surface area contributed by atoms with Crippen LogP contribution < -0.4 is 5.73 Å². The molecule has 0 bridgehead atoms. The Morgan fingerprint density at radius 3 is 2.76 bits per heavy atom. The van der Waals surface area contributed by atoms with E-state index < -0.39 is 0 Å². The number of aromatic nitrogens is 3. The lowest BCUT2D eigenvalue weighted by molar-refractivity contribution is 0.681. The van der Waals surface area contributed by atoms with Gasteiger partial charge in [0.25, 0.3) is 0 Å². The normalized spacial score (nSPS) is 11.4. The van der Waals surface area contributed by atoms with Crippen LogP contribution >= 0.6 is 0 Å². The van der Waals surface area contributed by atoms with Crippen LogP contribution in [0.1, 0.15) is 36.7 Å². The molecule has 0 radical (unpaired) electrons. The minimum absolute atomic E-state index is 0.362. The molecule has 0 aliphatic heterocycles. The monoisotopic (exact) mass is 280 g/mol. The molecule has 0 spiro atoms. The van der Waals surface area contributed by atoms with Gasteiger partial charge in [-0.15, -0.1) is 0 Å². The number of imidazole rings is 1. The van der Waals surface area contributed by atoms with Crippen LogP contribution in [0.25, 0.3) is 11.0 Å². The number of nitrogens with zero attached hydrogens (tertiary/aromatic N) is 3. The molecule has 0 amide bonds. The van der Waals surface area contributed by atoms with E-state index in [1.54, 1.807) is 0 Å². The molecule has 4 heteroatoms. The fourth-order valence-electron chi connectivity index (χ4n) is 2.62. The van der Waals surface area contributed by atoms with E-state index in [2.05, 4.69) is 42.5 Å². The third-order valence-corrected chi connectivity index (χ3v) is 3.78. The van der Waals surface area contributed by atoms with Crippen LogP contribution in [0.5, 0.6) is 0 Å². The quantitative estimate of drug-likeness (QED) is 0.747. The number of aryl methyl sites for hydroxylation is 1. The number of nitrogens with two attached hydrogens (primary N) is 1. The molecule has 0 saturated carbocycles. The molecule has 3 rings (SSSR count). The predicted molar refractivity (Wildman–Crippen MR) is 86.3 cm³/mol. The zero-order chi connectivity index (χ0) is 15.0. The SMILES string of the molecule is Cc1cnccc1Cn1c(C(C)C)nc2cc(N)ccc21. The second-order valence-corrected chi connectivity index (χ2v) is 5.76. The van der Waals surface area contributed by atoms with E-state index in [-0.39, 0.29) is 0 Å². The Labute approximate surface area is 124 Å². The van der Waals surface area contributed by atoms with Gasteiger partial charge in [0.05, 0.1) is 11.0 Å². The van der Waals surface area contributed by atoms with Gasteiger partial charge >= 0.3 is 0 Å². The molecule has 108 valence electrons. The number of benzene rings is 1. The zero-order valence-corrected chi connectivity index (χ0v) is 12.7. The van der Waals surface area contributed by atoms with Crippen molar-refractivity contribution >= 4 is 16.7 Å². The van der Waals surface area contributed by atoms with Crippen molar-refractivity contribution < 1.29 is 0 Å². The summed E-state index contributed by atoms with van der Waals surface area (Å²) in [5.74, 6) is 1.45. The molecule has 0 aliphatic carbocycles. The second kappa shape index (κ2) is 5.20. The average Bonchev–Trinajstić information content (AvgIpc) is 2.79. The Hall–Kier alpha value is -2.36. The Kier molecular flexibility index (Phi) is 3.37. The summed E-state index contributed by atoms with van der Waals surface area (Å²) in [5, 5.41) is 0. The first-order valence-electron chi connectivity index (χ1n) is 7.21. The van der Waals surface area contributed by atoms with Crippen molar-refractivity contribution in [1.29, 1.82) is 0 Å². The molecule has 2 heterocycles. The number of anilines is 1. The first kappa shape index (κ1) is 13.6. The van der Waals surface area contributed by atoms with E-state index in [4.69, 9.17) is 10.7 Å². The van der Waals surface area contributed by atoms with Crippen LogP contribution in [0.15, 0.2) is 36.7 Å². The molecule has 0 atom stereocenters. The largest absolute Gasteiger partial charge is 0.399 e. The van der Waals surface area contributed by atoms with Gasteiger partial charge in [-0.05, 0) is 42.3 Å². The fourth-order valence-corrected chi connectivity index (χ4v) is 2.62. The molecule has 0 aliphatic rings. The standard InChI is InChI=1S/C17H20N4/c1-11(2)17-20-15-8-14(18)4-5-16(15)21(17)10-13-6-7-19-9-12(13)3/h4-9,11H,10,18H2,1-3H3. The third-order valence-electron chi connectivity index (χ3n) is 3.78. The van der Waals surface area contributed by atoms with Crippen LogP contribution in [0.3, 0.4) is 0 Å². The Balaban J connectivity index is 2.16. The number of nitrogen functional groups attached to an aromatic ring is 1. The van der Waals surface area contributed by atoms with Gasteiger partial charge in [-0.1, -0.05) is 13.8 Å². The van der Waals surface area contributed by atoms with Crippen molar-refractivity contribution in [3.63, 3.8) is 0 Å². The minimum atomic E-state index is 0.362. The van der Waals surface area contributed by atoms with Crippen LogP contribution in [0, 0.1) is 6.92 Å². The van der Waals surface area contributed by atoms with Gasteiger partial charge in [0, 0.05) is 30.5 Å². The highest BCUT2D eigenvalue weighted by molar-refractivity contribution is 5.80. The van der Waals surface area contributed by atoms with E-state index in [1.165, 1.54) is 11.1 Å². The summed E-state index contributed by atoms with van der Waals surface area (Å²) < 4.78 is 2.28. The van der Waals surface area contributed by atoms with Crippen molar-refractivity contribution in [3.8, 4) is 0 Å². The summed E-state index contributed by atoms with van der Waals surface area (Å²) in [6.07, 6.45) is 3.75. The first-order valence-corrected chi connectivity index (χ1v) is 7.21. The molecular weight excluding hydrogens is 260 g/mol. The predicted octanol–water partition coefficient (Wildman–Crippen LogP) is 3.49. The topological polar surface area (TPSA) is 56.7 Å². The maximum atomic E-state index is 5.88. The fraction of sp³-hybridized carbons (Fsp3) is 0.294. The molecule has 4 nitrogen and oxygen atoms in total. The summed E-state index contributed by atoms with van der Waals surface area (Å²) in [7, 11) is 0. The molecule has 2 aromatic heterocycles. The highest BCUT2D eigenvalue weighted by Gasteiger charge is 2.14. The number of pyridine rings is 1. The summed E-state index contributed by atoms with van der Waals surface area (Å²) in [6.45, 7) is 7.23. The number of hydrogen-bond acceptors (Lipinski definition) is 3. The van der Waals surface area contributed by atoms with Crippen LogP contribution in [0.2, 0.25) is 0 Å². The van der Waals surface area contributed by atoms with Gasteiger partial charge in [-0.3, -0.25) is 4.98 Å². The number of hydrogen-bond donors (Lipinski definition) is 1. The van der Waals surface area contributed by atoms with Gasteiger partial charge in [0.15, 0.2) is 0 Å². The van der Waals surface area contributed by atoms with E-state index in [9.17, 15) is 0 Å². The summed E-state index contributed by atoms with van der Waals surface area (Å²) >= 11 is 0. The first-order chi connectivity index (χ1) is 10.1. The third kappa shape index (κ3) is 2.49. The average molecular weight is 280 g/mol. The smallest absolute Gasteiger partial charge is 0.112 e. The Morgan fingerprint density at radius 2 is 2.05 bits per heavy atom. The molecule has 21 heavy (non-hydrogen) atoms. The van der Waals surface area contributed by atoms with Crippen molar-refractivity contribution in [1.82, 2.24) is 14.5 Å². The van der Waals surface area contributed by atoms with Crippen LogP contribution in [0.4, 0.5) is 5.69 Å². The van der Waals surface area contributed by atoms with Crippen LogP contribution in [-0.2, 0) is 6.54 Å². The van der Waals surface area contributed by atoms with Gasteiger partial charge in [-0.2, -0.15) is 0 Å². The van der Waals surface area contributed by atoms with Crippen molar-refractivity contribution in [2.75, 3.05) is 5.73 Å². The molecule has 2 N–H and O–H groups in total. The van der Waals surface area contributed by atoms with Crippen molar-refractivity contribution in [3.05, 3.63) is 53.6 Å². The van der Waals surface area contributed by atoms with E-state index >= 15 is 0 Å². The maximum absolute atomic E-state index is 5.88. The van der Waals surface area contributed by atoms with Crippen LogP contribution in [-0.4, -0.2) is 14.5 Å². The highest BCUT2D eigenvalue weighted by atomic mass is 15.1. The van der Waals surface area contributed by atoms with Crippen molar-refractivity contribution in [2.24, 2.45) is 0 Å². The van der Waals surface area contributed by atoms with E-state index in [0.717, 1.165) is 29.1 Å². The van der Waals surface area contributed by atoms with E-state index in [0.29, 0.717) is 5.92 Å². The number of rotatable bonds is 3. The summed E-state index contributed by atoms with van der Waals surface area (Å²) in [5.41, 5.74) is 11.2. The van der Waals surface area contributed by atoms with Gasteiger partial charge in [-0.25, -0.2) is 4.98 Å². The lowest BCUT2D eigenvalue weighted by Crippen LogP contribution is -2.07. The summed E-state index contributed by atoms with van der Waals surface area (Å²) in [4.78, 5) is 8.93. The van der Waals surface area contributed by atoms with Crippen molar-refractivity contribution in [2.45, 2.75) is 33.2 Å². The van der Waals surface area contributed by atoms with Gasteiger partial charge in [0.2, 0.25) is 0 Å². The van der Waals surface area contributed by atoms with Gasteiger partial charge < -0.3 is 10.3 Å². The Bertz CT molecular complexity index is 787. The molecule has 0 fully saturated rings. The molecule has 3 aromatic rings. The summed E-state index contributed by atoms with van der Waals surface area (Å²) in [6, 6.07) is 8.00. The maximum Gasteiger partial charge on any atom is 0.112 e.